The van der Waals surface area contributed by atoms with Crippen LogP contribution in [-0.2, 0) is 9.47 Å². The average molecular weight is 467 g/mol. The van der Waals surface area contributed by atoms with Crippen LogP contribution in [-0.4, -0.2) is 80.6 Å². The molecule has 3 aliphatic rings. The molecule has 3 heterocycles. The molecule has 182 valence electrons. The SMILES string of the molecule is CC1CC=C(NNc2cc(N3CCOCC3)nc(OCCN3CCOCC3)n2)c2ccccc21. The molecule has 2 aliphatic heterocycles. The predicted octanol–water partition coefficient (Wildman–Crippen LogP) is 2.49. The molecule has 1 atom stereocenters. The third kappa shape index (κ3) is 5.60. The van der Waals surface area contributed by atoms with Gasteiger partial charge < -0.3 is 19.1 Å². The van der Waals surface area contributed by atoms with E-state index in [2.05, 4.69) is 62.9 Å². The van der Waals surface area contributed by atoms with Crippen LogP contribution in [0.4, 0.5) is 11.6 Å². The Morgan fingerprint density at radius 3 is 2.59 bits per heavy atom. The quantitative estimate of drug-likeness (QED) is 0.570. The number of hydrogen-bond acceptors (Lipinski definition) is 9. The number of allylic oxidation sites excluding steroid dienone is 1. The lowest BCUT2D eigenvalue weighted by atomic mass is 9.87. The molecule has 2 fully saturated rings. The van der Waals surface area contributed by atoms with E-state index >= 15 is 0 Å². The molecule has 2 N–H and O–H groups in total. The van der Waals surface area contributed by atoms with E-state index in [0.717, 1.165) is 63.9 Å². The van der Waals surface area contributed by atoms with Crippen LogP contribution in [0, 0.1) is 0 Å². The minimum atomic E-state index is 0.383. The van der Waals surface area contributed by atoms with E-state index < -0.39 is 0 Å². The smallest absolute Gasteiger partial charge is 0.320 e. The highest BCUT2D eigenvalue weighted by atomic mass is 16.5. The highest BCUT2D eigenvalue weighted by Crippen LogP contribution is 2.32. The van der Waals surface area contributed by atoms with E-state index in [1.54, 1.807) is 0 Å². The van der Waals surface area contributed by atoms with E-state index in [1.807, 2.05) is 6.07 Å². The molecule has 0 spiro atoms. The number of hydrogen-bond donors (Lipinski definition) is 2. The molecule has 0 radical (unpaired) electrons. The first-order valence-electron chi connectivity index (χ1n) is 12.2. The summed E-state index contributed by atoms with van der Waals surface area (Å²) in [6.45, 7) is 10.0. The lowest BCUT2D eigenvalue weighted by Gasteiger charge is -2.29. The summed E-state index contributed by atoms with van der Waals surface area (Å²) >= 11 is 0. The maximum atomic E-state index is 6.00. The lowest BCUT2D eigenvalue weighted by molar-refractivity contribution is 0.0317. The fraction of sp³-hybridized carbons (Fsp3) is 0.520. The topological polar surface area (TPSA) is 84.0 Å². The first-order valence-corrected chi connectivity index (χ1v) is 12.2. The number of benzene rings is 1. The maximum Gasteiger partial charge on any atom is 0.320 e. The molecule has 9 heteroatoms. The summed E-state index contributed by atoms with van der Waals surface area (Å²) in [5.74, 6) is 2.03. The normalized spacial score (nSPS) is 20.9. The first-order chi connectivity index (χ1) is 16.8. The molecule has 1 aliphatic carbocycles. The van der Waals surface area contributed by atoms with Crippen LogP contribution < -0.4 is 20.5 Å². The highest BCUT2D eigenvalue weighted by Gasteiger charge is 2.19. The highest BCUT2D eigenvalue weighted by molar-refractivity contribution is 5.70. The lowest BCUT2D eigenvalue weighted by Crippen LogP contribution is -2.39. The monoisotopic (exact) mass is 466 g/mol. The van der Waals surface area contributed by atoms with Gasteiger partial charge in [0.15, 0.2) is 5.82 Å². The number of morpholine rings is 2. The number of hydrazine groups is 1. The Kier molecular flexibility index (Phi) is 7.43. The van der Waals surface area contributed by atoms with Gasteiger partial charge in [-0.2, -0.15) is 9.97 Å². The van der Waals surface area contributed by atoms with Crippen molar-refractivity contribution in [2.75, 3.05) is 76.1 Å². The van der Waals surface area contributed by atoms with Gasteiger partial charge in [0, 0.05) is 44.4 Å². The van der Waals surface area contributed by atoms with E-state index in [-0.39, 0.29) is 0 Å². The van der Waals surface area contributed by atoms with Gasteiger partial charge in [-0.15, -0.1) is 0 Å². The van der Waals surface area contributed by atoms with Crippen LogP contribution in [0.1, 0.15) is 30.4 Å². The largest absolute Gasteiger partial charge is 0.462 e. The molecule has 2 saturated heterocycles. The third-order valence-corrected chi connectivity index (χ3v) is 6.55. The summed E-state index contributed by atoms with van der Waals surface area (Å²) in [6.07, 6.45) is 3.24. The minimum Gasteiger partial charge on any atom is -0.462 e. The van der Waals surface area contributed by atoms with Crippen molar-refractivity contribution in [3.63, 3.8) is 0 Å². The summed E-state index contributed by atoms with van der Waals surface area (Å²) in [7, 11) is 0. The molecule has 5 rings (SSSR count). The summed E-state index contributed by atoms with van der Waals surface area (Å²) in [4.78, 5) is 13.9. The van der Waals surface area contributed by atoms with Crippen molar-refractivity contribution in [2.24, 2.45) is 0 Å². The number of ether oxygens (including phenoxy) is 3. The number of nitrogens with zero attached hydrogens (tertiary/aromatic N) is 4. The van der Waals surface area contributed by atoms with Gasteiger partial charge in [0.2, 0.25) is 0 Å². The van der Waals surface area contributed by atoms with Crippen molar-refractivity contribution in [1.29, 1.82) is 0 Å². The molecule has 0 amide bonds. The van der Waals surface area contributed by atoms with Crippen molar-refractivity contribution >= 4 is 17.3 Å². The number of nitrogens with one attached hydrogen (secondary N) is 2. The summed E-state index contributed by atoms with van der Waals surface area (Å²) in [6, 6.07) is 10.9. The van der Waals surface area contributed by atoms with Gasteiger partial charge in [0.25, 0.3) is 0 Å². The van der Waals surface area contributed by atoms with Crippen molar-refractivity contribution in [3.8, 4) is 6.01 Å². The molecule has 2 aromatic rings. The molecule has 1 aromatic carbocycles. The van der Waals surface area contributed by atoms with Gasteiger partial charge in [-0.25, -0.2) is 0 Å². The van der Waals surface area contributed by atoms with Gasteiger partial charge in [-0.3, -0.25) is 15.8 Å². The summed E-state index contributed by atoms with van der Waals surface area (Å²) in [5.41, 5.74) is 10.3. The molecule has 34 heavy (non-hydrogen) atoms. The number of fused-ring (bicyclic) bond motifs is 1. The number of aromatic nitrogens is 2. The molecule has 1 aromatic heterocycles. The summed E-state index contributed by atoms with van der Waals surface area (Å²) < 4.78 is 16.9. The van der Waals surface area contributed by atoms with E-state index in [0.29, 0.717) is 37.6 Å². The maximum absolute atomic E-state index is 6.00. The van der Waals surface area contributed by atoms with Crippen molar-refractivity contribution in [1.82, 2.24) is 20.3 Å². The Morgan fingerprint density at radius 2 is 1.76 bits per heavy atom. The van der Waals surface area contributed by atoms with E-state index in [9.17, 15) is 0 Å². The second-order valence-electron chi connectivity index (χ2n) is 8.89. The van der Waals surface area contributed by atoms with Gasteiger partial charge in [0.1, 0.15) is 12.4 Å². The van der Waals surface area contributed by atoms with Crippen LogP contribution in [0.3, 0.4) is 0 Å². The zero-order valence-electron chi connectivity index (χ0n) is 19.8. The standard InChI is InChI=1S/C25H34N6O3/c1-19-6-7-22(21-5-3-2-4-20(19)21)28-29-23-18-24(31-11-15-33-16-12-31)27-25(26-23)34-17-10-30-8-13-32-14-9-30/h2-5,7,18-19,28H,6,8-17H2,1H3,(H,26,27,29). The van der Waals surface area contributed by atoms with Crippen LogP contribution in [0.5, 0.6) is 6.01 Å². The molecule has 0 saturated carbocycles. The molecule has 9 nitrogen and oxygen atoms in total. The Morgan fingerprint density at radius 1 is 1.00 bits per heavy atom. The number of rotatable bonds is 8. The predicted molar refractivity (Wildman–Crippen MR) is 132 cm³/mol. The minimum absolute atomic E-state index is 0.383. The van der Waals surface area contributed by atoms with Crippen LogP contribution in [0.2, 0.25) is 0 Å². The second-order valence-corrected chi connectivity index (χ2v) is 8.89. The molecular weight excluding hydrogens is 432 g/mol. The molecular formula is C25H34N6O3. The van der Waals surface area contributed by atoms with Crippen LogP contribution in [0.15, 0.2) is 36.4 Å². The van der Waals surface area contributed by atoms with Crippen molar-refractivity contribution < 1.29 is 14.2 Å². The van der Waals surface area contributed by atoms with Gasteiger partial charge in [0.05, 0.1) is 32.1 Å². The molecule has 1 unspecified atom stereocenters. The zero-order chi connectivity index (χ0) is 23.2. The Balaban J connectivity index is 1.28. The van der Waals surface area contributed by atoms with Crippen molar-refractivity contribution in [3.05, 3.63) is 47.5 Å². The number of anilines is 2. The second kappa shape index (κ2) is 11.0. The Labute approximate surface area is 201 Å². The van der Waals surface area contributed by atoms with Gasteiger partial charge in [-0.05, 0) is 17.9 Å². The fourth-order valence-corrected chi connectivity index (χ4v) is 4.54. The Hall–Kier alpha value is -2.88. The van der Waals surface area contributed by atoms with Crippen LogP contribution >= 0.6 is 0 Å². The first kappa shape index (κ1) is 22.9. The van der Waals surface area contributed by atoms with Gasteiger partial charge in [-0.1, -0.05) is 37.3 Å². The Bertz CT molecular complexity index is 988. The zero-order valence-corrected chi connectivity index (χ0v) is 19.8. The third-order valence-electron chi connectivity index (χ3n) is 6.55. The van der Waals surface area contributed by atoms with Crippen molar-refractivity contribution in [2.45, 2.75) is 19.3 Å². The van der Waals surface area contributed by atoms with Gasteiger partial charge >= 0.3 is 6.01 Å². The summed E-state index contributed by atoms with van der Waals surface area (Å²) in [5, 5.41) is 0. The van der Waals surface area contributed by atoms with Crippen LogP contribution in [0.25, 0.3) is 5.70 Å². The molecule has 0 bridgehead atoms. The van der Waals surface area contributed by atoms with E-state index in [1.165, 1.54) is 11.1 Å². The fourth-order valence-electron chi connectivity index (χ4n) is 4.54. The average Bonchev–Trinajstić information content (AvgIpc) is 2.90. The van der Waals surface area contributed by atoms with E-state index in [4.69, 9.17) is 19.2 Å².